The Hall–Kier alpha value is -1.44. The fourth-order valence-electron chi connectivity index (χ4n) is 10.9. The highest BCUT2D eigenvalue weighted by Gasteiger charge is 2.65. The van der Waals surface area contributed by atoms with Gasteiger partial charge >= 0.3 is 0 Å². The molecule has 1 aromatic heterocycles. The van der Waals surface area contributed by atoms with Crippen LogP contribution in [0.25, 0.3) is 10.9 Å². The van der Waals surface area contributed by atoms with E-state index in [1.165, 1.54) is 19.3 Å². The van der Waals surface area contributed by atoms with Crippen molar-refractivity contribution in [3.05, 3.63) is 35.5 Å². The fraction of sp³-hybridized carbons (Fsp3) is 0.757. The average Bonchev–Trinajstić information content (AvgIpc) is 3.36. The predicted molar refractivity (Wildman–Crippen MR) is 182 cm³/mol. The van der Waals surface area contributed by atoms with Gasteiger partial charge < -0.3 is 26.6 Å². The van der Waals surface area contributed by atoms with Crippen LogP contribution >= 0.6 is 11.6 Å². The van der Waals surface area contributed by atoms with Crippen molar-refractivity contribution in [2.75, 3.05) is 25.0 Å². The van der Waals surface area contributed by atoms with Crippen LogP contribution in [0.3, 0.4) is 0 Å². The number of nitrogens with two attached hydrogens (primary N) is 1. The number of halogens is 1. The van der Waals surface area contributed by atoms with Crippen molar-refractivity contribution < 1.29 is 10.2 Å². The Morgan fingerprint density at radius 1 is 1.00 bits per heavy atom. The van der Waals surface area contributed by atoms with E-state index < -0.39 is 0 Å². The standard InChI is InChI=1S/C37H57ClN4O2/c1-23(7-6-16-40-15-4-5-17-41-31-13-18-42-32-21-25(38)8-9-27(31)32)28-10-11-29-35-30(22-34(44)37(28,29)3)36(2)14-12-26(39)19-24(36)20-33(35)43/h8-9,13,18,21,23-24,26,28-30,33-35,40,43-44H,4-7,10-12,14-17,19-20,22,39H2,1-3H3,(H,41,42)/t23-,24+,26-,28-,29+,30+,33-,34+,35+,36+,37-/m1/s1. The van der Waals surface area contributed by atoms with E-state index in [4.69, 9.17) is 17.3 Å². The monoisotopic (exact) mass is 624 g/mol. The Labute approximate surface area is 270 Å². The van der Waals surface area contributed by atoms with Gasteiger partial charge in [-0.1, -0.05) is 32.4 Å². The molecule has 0 saturated heterocycles. The third-order valence-corrected chi connectivity index (χ3v) is 13.6. The van der Waals surface area contributed by atoms with Gasteiger partial charge in [-0.3, -0.25) is 4.98 Å². The number of fused-ring (bicyclic) bond motifs is 6. The Kier molecular flexibility index (Phi) is 9.86. The van der Waals surface area contributed by atoms with Crippen LogP contribution in [0.1, 0.15) is 91.4 Å². The van der Waals surface area contributed by atoms with Crippen LogP contribution in [0, 0.1) is 46.3 Å². The van der Waals surface area contributed by atoms with Crippen molar-refractivity contribution in [1.29, 1.82) is 0 Å². The average molecular weight is 625 g/mol. The maximum atomic E-state index is 11.9. The molecule has 1 heterocycles. The molecule has 0 amide bonds. The number of anilines is 1. The van der Waals surface area contributed by atoms with Gasteiger partial charge in [-0.15, -0.1) is 0 Å². The molecule has 7 heteroatoms. The van der Waals surface area contributed by atoms with Gasteiger partial charge in [0.05, 0.1) is 17.7 Å². The van der Waals surface area contributed by atoms with Gasteiger partial charge in [0.2, 0.25) is 0 Å². The molecule has 4 saturated carbocycles. The summed E-state index contributed by atoms with van der Waals surface area (Å²) in [6.45, 7) is 10.3. The highest BCUT2D eigenvalue weighted by atomic mass is 35.5. The largest absolute Gasteiger partial charge is 0.393 e. The van der Waals surface area contributed by atoms with E-state index in [1.54, 1.807) is 0 Å². The summed E-state index contributed by atoms with van der Waals surface area (Å²) in [7, 11) is 0. The lowest BCUT2D eigenvalue weighted by atomic mass is 9.43. The SMILES string of the molecule is C[C@H](CCCNCCCCNc1ccnc2cc(Cl)ccc12)[C@H]1CC[C@H]2[C@@H]3[C@H](O)C[C@@H]4C[C@H](N)CC[C@]4(C)[C@H]3C[C@H](O)[C@]12C. The molecule has 11 atom stereocenters. The number of pyridine rings is 1. The first kappa shape index (κ1) is 32.5. The molecule has 6 rings (SSSR count). The molecule has 4 aliphatic rings. The Morgan fingerprint density at radius 3 is 2.64 bits per heavy atom. The minimum atomic E-state index is -0.267. The first-order chi connectivity index (χ1) is 21.1. The van der Waals surface area contributed by atoms with E-state index in [0.717, 1.165) is 87.6 Å². The summed E-state index contributed by atoms with van der Waals surface area (Å²) < 4.78 is 0. The van der Waals surface area contributed by atoms with Crippen LogP contribution in [-0.2, 0) is 0 Å². The fourth-order valence-corrected chi connectivity index (χ4v) is 11.1. The van der Waals surface area contributed by atoms with Crippen LogP contribution in [0.15, 0.2) is 30.5 Å². The Morgan fingerprint density at radius 2 is 1.80 bits per heavy atom. The van der Waals surface area contributed by atoms with Crippen LogP contribution < -0.4 is 16.4 Å². The second-order valence-electron chi connectivity index (χ2n) is 15.7. The summed E-state index contributed by atoms with van der Waals surface area (Å²) in [6, 6.07) is 8.18. The highest BCUT2D eigenvalue weighted by Crippen LogP contribution is 2.68. The number of hydrogen-bond acceptors (Lipinski definition) is 6. The number of rotatable bonds is 11. The van der Waals surface area contributed by atoms with Crippen LogP contribution in [-0.4, -0.2) is 53.1 Å². The summed E-state index contributed by atoms with van der Waals surface area (Å²) in [6.07, 6.45) is 13.4. The summed E-state index contributed by atoms with van der Waals surface area (Å²) in [5, 5.41) is 32.5. The second-order valence-corrected chi connectivity index (χ2v) is 16.1. The summed E-state index contributed by atoms with van der Waals surface area (Å²) in [5.41, 5.74) is 8.56. The molecule has 44 heavy (non-hydrogen) atoms. The quantitative estimate of drug-likeness (QED) is 0.172. The van der Waals surface area contributed by atoms with Gasteiger partial charge in [-0.2, -0.15) is 0 Å². The summed E-state index contributed by atoms with van der Waals surface area (Å²) >= 11 is 6.12. The van der Waals surface area contributed by atoms with Crippen molar-refractivity contribution in [1.82, 2.24) is 10.3 Å². The third kappa shape index (κ3) is 6.03. The van der Waals surface area contributed by atoms with E-state index in [1.807, 2.05) is 30.5 Å². The molecule has 6 nitrogen and oxygen atoms in total. The van der Waals surface area contributed by atoms with Gasteiger partial charge in [0, 0.05) is 34.9 Å². The lowest BCUT2D eigenvalue weighted by molar-refractivity contribution is -0.202. The van der Waals surface area contributed by atoms with Crippen LogP contribution in [0.2, 0.25) is 5.02 Å². The van der Waals surface area contributed by atoms with Crippen molar-refractivity contribution in [3.8, 4) is 0 Å². The molecule has 2 aromatic rings. The number of aliphatic hydroxyl groups is 2. The molecule has 0 bridgehead atoms. The molecule has 0 aliphatic heterocycles. The smallest absolute Gasteiger partial charge is 0.0737 e. The molecule has 6 N–H and O–H groups in total. The second kappa shape index (κ2) is 13.4. The van der Waals surface area contributed by atoms with Gasteiger partial charge in [-0.25, -0.2) is 0 Å². The third-order valence-electron chi connectivity index (χ3n) is 13.4. The molecular weight excluding hydrogens is 568 g/mol. The number of aliphatic hydroxyl groups excluding tert-OH is 2. The van der Waals surface area contributed by atoms with Crippen molar-refractivity contribution in [2.24, 2.45) is 52.1 Å². The topological polar surface area (TPSA) is 103 Å². The minimum Gasteiger partial charge on any atom is -0.393 e. The van der Waals surface area contributed by atoms with E-state index in [0.29, 0.717) is 40.5 Å². The van der Waals surface area contributed by atoms with Gasteiger partial charge in [-0.05, 0) is 154 Å². The van der Waals surface area contributed by atoms with E-state index in [2.05, 4.69) is 36.4 Å². The van der Waals surface area contributed by atoms with E-state index in [9.17, 15) is 10.2 Å². The maximum absolute atomic E-state index is 11.9. The Balaban J connectivity index is 0.939. The molecule has 244 valence electrons. The first-order valence-corrected chi connectivity index (χ1v) is 18.1. The van der Waals surface area contributed by atoms with Gasteiger partial charge in [0.1, 0.15) is 0 Å². The molecular formula is C37H57ClN4O2. The number of hydrogen-bond donors (Lipinski definition) is 5. The van der Waals surface area contributed by atoms with Crippen LogP contribution in [0.5, 0.6) is 0 Å². The minimum absolute atomic E-state index is 0.0807. The normalized spacial score (nSPS) is 39.0. The zero-order valence-electron chi connectivity index (χ0n) is 27.3. The number of benzene rings is 1. The highest BCUT2D eigenvalue weighted by molar-refractivity contribution is 6.31. The van der Waals surface area contributed by atoms with Crippen molar-refractivity contribution in [3.63, 3.8) is 0 Å². The summed E-state index contributed by atoms with van der Waals surface area (Å²) in [5.74, 6) is 2.82. The van der Waals surface area contributed by atoms with Crippen molar-refractivity contribution in [2.45, 2.75) is 110 Å². The summed E-state index contributed by atoms with van der Waals surface area (Å²) in [4.78, 5) is 4.43. The molecule has 0 spiro atoms. The Bertz CT molecular complexity index is 1280. The zero-order chi connectivity index (χ0) is 31.1. The van der Waals surface area contributed by atoms with E-state index in [-0.39, 0.29) is 29.1 Å². The lowest BCUT2D eigenvalue weighted by Crippen LogP contribution is -2.62. The molecule has 1 aromatic carbocycles. The number of nitrogens with one attached hydrogen (secondary N) is 2. The number of unbranched alkanes of at least 4 members (excludes halogenated alkanes) is 1. The van der Waals surface area contributed by atoms with E-state index >= 15 is 0 Å². The number of nitrogens with zero attached hydrogens (tertiary/aromatic N) is 1. The molecule has 4 fully saturated rings. The van der Waals surface area contributed by atoms with Gasteiger partial charge in [0.15, 0.2) is 0 Å². The van der Waals surface area contributed by atoms with Crippen molar-refractivity contribution >= 4 is 28.2 Å². The lowest BCUT2D eigenvalue weighted by Gasteiger charge is -2.63. The molecule has 0 unspecified atom stereocenters. The van der Waals surface area contributed by atoms with Gasteiger partial charge in [0.25, 0.3) is 0 Å². The zero-order valence-corrected chi connectivity index (χ0v) is 28.0. The molecule has 4 aliphatic carbocycles. The first-order valence-electron chi connectivity index (χ1n) is 17.7. The predicted octanol–water partition coefficient (Wildman–Crippen LogP) is 7.01. The van der Waals surface area contributed by atoms with Crippen LogP contribution in [0.4, 0.5) is 5.69 Å². The molecule has 0 radical (unpaired) electrons. The number of aromatic nitrogens is 1. The maximum Gasteiger partial charge on any atom is 0.0737 e.